The van der Waals surface area contributed by atoms with Crippen molar-refractivity contribution in [2.75, 3.05) is 0 Å². The first-order chi connectivity index (χ1) is 12.4. The van der Waals surface area contributed by atoms with Crippen molar-refractivity contribution in [2.45, 2.75) is 52.5 Å². The summed E-state index contributed by atoms with van der Waals surface area (Å²) in [5.41, 5.74) is 0.950. The number of carbonyl (C=O) groups is 1. The Morgan fingerprint density at radius 3 is 2.73 bits per heavy atom. The first-order valence-corrected chi connectivity index (χ1v) is 10.4. The van der Waals surface area contributed by atoms with Crippen LogP contribution in [0.1, 0.15) is 50.2 Å². The Bertz CT molecular complexity index is 985. The van der Waals surface area contributed by atoms with Gasteiger partial charge in [-0.15, -0.1) is 22.7 Å². The second kappa shape index (κ2) is 7.72. The highest BCUT2D eigenvalue weighted by Gasteiger charge is 2.22. The number of aryl methyl sites for hydroxylation is 1. The lowest BCUT2D eigenvalue weighted by molar-refractivity contribution is -0.137. The highest BCUT2D eigenvalue weighted by atomic mass is 32.1. The van der Waals surface area contributed by atoms with Gasteiger partial charge in [-0.25, -0.2) is 4.98 Å². The maximum atomic E-state index is 13.4. The zero-order chi connectivity index (χ0) is 18.8. The molecule has 0 saturated heterocycles. The van der Waals surface area contributed by atoms with Gasteiger partial charge in [-0.3, -0.25) is 14.2 Å². The molecule has 0 unspecified atom stereocenters. The van der Waals surface area contributed by atoms with Crippen LogP contribution >= 0.6 is 22.7 Å². The van der Waals surface area contributed by atoms with E-state index < -0.39 is 5.97 Å². The molecule has 3 aromatic rings. The van der Waals surface area contributed by atoms with Crippen LogP contribution in [0, 0.1) is 0 Å². The fourth-order valence-electron chi connectivity index (χ4n) is 3.12. The van der Waals surface area contributed by atoms with Crippen LogP contribution in [-0.2, 0) is 17.8 Å². The minimum Gasteiger partial charge on any atom is -0.481 e. The molecule has 3 rings (SSSR count). The van der Waals surface area contributed by atoms with Crippen molar-refractivity contribution in [3.63, 3.8) is 0 Å². The maximum Gasteiger partial charge on any atom is 0.303 e. The largest absolute Gasteiger partial charge is 0.481 e. The molecule has 0 bridgehead atoms. The smallest absolute Gasteiger partial charge is 0.303 e. The minimum atomic E-state index is -0.846. The molecule has 0 radical (unpaired) electrons. The van der Waals surface area contributed by atoms with Gasteiger partial charge in [-0.05, 0) is 24.3 Å². The van der Waals surface area contributed by atoms with E-state index in [0.717, 1.165) is 27.5 Å². The molecule has 0 aliphatic carbocycles. The maximum absolute atomic E-state index is 13.4. The molecule has 3 heterocycles. The molecule has 26 heavy (non-hydrogen) atoms. The first kappa shape index (κ1) is 18.8. The second-order valence-corrected chi connectivity index (χ2v) is 8.52. The Labute approximate surface area is 160 Å². The van der Waals surface area contributed by atoms with Crippen molar-refractivity contribution in [1.29, 1.82) is 0 Å². The van der Waals surface area contributed by atoms with Gasteiger partial charge in [0, 0.05) is 34.2 Å². The van der Waals surface area contributed by atoms with E-state index in [1.165, 1.54) is 4.88 Å². The average Bonchev–Trinajstić information content (AvgIpc) is 3.22. The molecule has 5 nitrogen and oxygen atoms in total. The van der Waals surface area contributed by atoms with Gasteiger partial charge < -0.3 is 5.11 Å². The molecule has 7 heteroatoms. The number of aliphatic carboxylic acids is 1. The number of nitrogens with zero attached hydrogens (tertiary/aromatic N) is 2. The lowest BCUT2D eigenvalue weighted by Crippen LogP contribution is -2.26. The van der Waals surface area contributed by atoms with E-state index in [-0.39, 0.29) is 17.9 Å². The van der Waals surface area contributed by atoms with Crippen LogP contribution < -0.4 is 5.56 Å². The van der Waals surface area contributed by atoms with E-state index in [4.69, 9.17) is 10.1 Å². The van der Waals surface area contributed by atoms with Crippen molar-refractivity contribution in [3.05, 3.63) is 38.6 Å². The van der Waals surface area contributed by atoms with Gasteiger partial charge in [0.25, 0.3) is 5.56 Å². The third kappa shape index (κ3) is 3.46. The summed E-state index contributed by atoms with van der Waals surface area (Å²) in [4.78, 5) is 32.1. The zero-order valence-corrected chi connectivity index (χ0v) is 16.7. The van der Waals surface area contributed by atoms with Gasteiger partial charge in [0.15, 0.2) is 0 Å². The van der Waals surface area contributed by atoms with Crippen molar-refractivity contribution < 1.29 is 9.90 Å². The summed E-state index contributed by atoms with van der Waals surface area (Å²) in [7, 11) is 0. The van der Waals surface area contributed by atoms with E-state index in [2.05, 4.69) is 6.92 Å². The predicted octanol–water partition coefficient (Wildman–Crippen LogP) is 4.74. The molecule has 0 fully saturated rings. The summed E-state index contributed by atoms with van der Waals surface area (Å²) < 4.78 is 1.68. The Balaban J connectivity index is 2.23. The molecule has 0 spiro atoms. The second-order valence-electron chi connectivity index (χ2n) is 6.49. The molecule has 0 atom stereocenters. The van der Waals surface area contributed by atoms with Gasteiger partial charge in [0.1, 0.15) is 10.7 Å². The van der Waals surface area contributed by atoms with Crippen LogP contribution in [0.3, 0.4) is 0 Å². The summed E-state index contributed by atoms with van der Waals surface area (Å²) in [6.07, 6.45) is 1.31. The molecule has 3 aromatic heterocycles. The van der Waals surface area contributed by atoms with Crippen LogP contribution in [0.4, 0.5) is 0 Å². The molecule has 138 valence electrons. The molecule has 0 aromatic carbocycles. The summed E-state index contributed by atoms with van der Waals surface area (Å²) in [6, 6.07) is 4.03. The van der Waals surface area contributed by atoms with Crippen LogP contribution in [0.25, 0.3) is 20.7 Å². The Morgan fingerprint density at radius 1 is 1.38 bits per heavy atom. The van der Waals surface area contributed by atoms with Crippen molar-refractivity contribution in [2.24, 2.45) is 0 Å². The van der Waals surface area contributed by atoms with E-state index in [0.29, 0.717) is 18.4 Å². The SMILES string of the molecule is CCc1sc2nc(C(C)C)n(CCCC(=O)O)c(=O)c2c1-c1cccs1. The molecule has 0 aliphatic heterocycles. The zero-order valence-electron chi connectivity index (χ0n) is 15.1. The van der Waals surface area contributed by atoms with Gasteiger partial charge >= 0.3 is 5.97 Å². The number of carboxylic acid groups (broad SMARTS) is 1. The number of thiophene rings is 2. The molecular weight excluding hydrogens is 368 g/mol. The van der Waals surface area contributed by atoms with Crippen LogP contribution in [0.15, 0.2) is 22.3 Å². The lowest BCUT2D eigenvalue weighted by Gasteiger charge is -2.14. The molecular formula is C19H22N2O3S2. The quantitative estimate of drug-likeness (QED) is 0.633. The van der Waals surface area contributed by atoms with Crippen molar-refractivity contribution in [3.8, 4) is 10.4 Å². The summed E-state index contributed by atoms with van der Waals surface area (Å²) >= 11 is 3.22. The highest BCUT2D eigenvalue weighted by Crippen LogP contribution is 2.39. The van der Waals surface area contributed by atoms with Crippen LogP contribution in [0.5, 0.6) is 0 Å². The van der Waals surface area contributed by atoms with E-state index in [1.54, 1.807) is 27.2 Å². The number of carboxylic acids is 1. The molecule has 0 saturated carbocycles. The first-order valence-electron chi connectivity index (χ1n) is 8.75. The van der Waals surface area contributed by atoms with Crippen molar-refractivity contribution >= 4 is 38.9 Å². The summed E-state index contributed by atoms with van der Waals surface area (Å²) in [6.45, 7) is 6.49. The Hall–Kier alpha value is -1.99. The van der Waals surface area contributed by atoms with E-state index in [1.807, 2.05) is 31.4 Å². The fourth-order valence-corrected chi connectivity index (χ4v) is 5.11. The fraction of sp³-hybridized carbons (Fsp3) is 0.421. The third-order valence-electron chi connectivity index (χ3n) is 4.29. The summed E-state index contributed by atoms with van der Waals surface area (Å²) in [5.74, 6) is -0.0231. The monoisotopic (exact) mass is 390 g/mol. The predicted molar refractivity (Wildman–Crippen MR) is 108 cm³/mol. The van der Waals surface area contributed by atoms with Gasteiger partial charge in [-0.2, -0.15) is 0 Å². The van der Waals surface area contributed by atoms with Gasteiger partial charge in [-0.1, -0.05) is 26.8 Å². The average molecular weight is 391 g/mol. The number of hydrogen-bond donors (Lipinski definition) is 1. The van der Waals surface area contributed by atoms with E-state index >= 15 is 0 Å². The number of rotatable bonds is 7. The lowest BCUT2D eigenvalue weighted by atomic mass is 10.1. The minimum absolute atomic E-state index is 0.0453. The Kier molecular flexibility index (Phi) is 5.58. The molecule has 0 amide bonds. The van der Waals surface area contributed by atoms with Crippen LogP contribution in [-0.4, -0.2) is 20.6 Å². The van der Waals surface area contributed by atoms with E-state index in [9.17, 15) is 9.59 Å². The van der Waals surface area contributed by atoms with Gasteiger partial charge in [0.2, 0.25) is 0 Å². The molecule has 1 N–H and O–H groups in total. The number of aromatic nitrogens is 2. The topological polar surface area (TPSA) is 72.2 Å². The number of fused-ring (bicyclic) bond motifs is 1. The van der Waals surface area contributed by atoms with Crippen molar-refractivity contribution in [1.82, 2.24) is 9.55 Å². The highest BCUT2D eigenvalue weighted by molar-refractivity contribution is 7.20. The van der Waals surface area contributed by atoms with Crippen LogP contribution in [0.2, 0.25) is 0 Å². The Morgan fingerprint density at radius 2 is 2.15 bits per heavy atom. The standard InChI is InChI=1S/C19H22N2O3S2/c1-4-12-15(13-7-6-10-25-13)16-18(26-12)20-17(11(2)3)21(19(16)24)9-5-8-14(22)23/h6-7,10-11H,4-5,8-9H2,1-3H3,(H,22,23). The summed E-state index contributed by atoms with van der Waals surface area (Å²) in [5, 5.41) is 11.6. The molecule has 0 aliphatic rings. The number of hydrogen-bond acceptors (Lipinski definition) is 5. The van der Waals surface area contributed by atoms with Gasteiger partial charge in [0.05, 0.1) is 5.39 Å². The normalized spacial score (nSPS) is 11.5. The third-order valence-corrected chi connectivity index (χ3v) is 6.41.